The van der Waals surface area contributed by atoms with Crippen LogP contribution >= 0.6 is 0 Å². The molecule has 2 bridgehead atoms. The molecule has 0 aromatic rings. The highest BCUT2D eigenvalue weighted by molar-refractivity contribution is 5.20. The number of allylic oxidation sites excluding steroid dienone is 1. The van der Waals surface area contributed by atoms with E-state index < -0.39 is 0 Å². The van der Waals surface area contributed by atoms with Crippen LogP contribution in [0.25, 0.3) is 0 Å². The number of aliphatic hydroxyl groups is 1. The van der Waals surface area contributed by atoms with Gasteiger partial charge in [-0.2, -0.15) is 0 Å². The zero-order chi connectivity index (χ0) is 13.5. The fourth-order valence-electron chi connectivity index (χ4n) is 6.80. The summed E-state index contributed by atoms with van der Waals surface area (Å²) in [5, 5.41) is 10.8. The van der Waals surface area contributed by atoms with Gasteiger partial charge in [0.05, 0.1) is 17.8 Å². The maximum Gasteiger partial charge on any atom is 0.0982 e. The second-order valence-electron chi connectivity index (χ2n) is 8.30. The Morgan fingerprint density at radius 1 is 1.15 bits per heavy atom. The molecular formula is C18H26O2. The Bertz CT molecular complexity index is 458. The first kappa shape index (κ1) is 12.2. The van der Waals surface area contributed by atoms with Crippen molar-refractivity contribution in [1.82, 2.24) is 0 Å². The van der Waals surface area contributed by atoms with Gasteiger partial charge in [0.25, 0.3) is 0 Å². The van der Waals surface area contributed by atoms with E-state index in [2.05, 4.69) is 19.1 Å². The van der Waals surface area contributed by atoms with Crippen LogP contribution in [0.4, 0.5) is 0 Å². The van der Waals surface area contributed by atoms with Gasteiger partial charge in [-0.1, -0.05) is 25.0 Å². The molecule has 1 N–H and O–H groups in total. The quantitative estimate of drug-likeness (QED) is 0.688. The minimum Gasteiger partial charge on any atom is -0.390 e. The molecule has 4 fully saturated rings. The van der Waals surface area contributed by atoms with Crippen molar-refractivity contribution in [2.75, 3.05) is 0 Å². The highest BCUT2D eigenvalue weighted by Crippen LogP contribution is 2.62. The maximum atomic E-state index is 10.8. The van der Waals surface area contributed by atoms with E-state index in [0.717, 1.165) is 30.1 Å². The van der Waals surface area contributed by atoms with Crippen LogP contribution in [0.3, 0.4) is 0 Å². The summed E-state index contributed by atoms with van der Waals surface area (Å²) >= 11 is 0. The average Bonchev–Trinajstić information content (AvgIpc) is 3.11. The monoisotopic (exact) mass is 274 g/mol. The molecule has 0 aromatic heterocycles. The lowest BCUT2D eigenvalue weighted by Gasteiger charge is -2.35. The van der Waals surface area contributed by atoms with E-state index in [1.54, 1.807) is 0 Å². The zero-order valence-corrected chi connectivity index (χ0v) is 12.4. The van der Waals surface area contributed by atoms with Gasteiger partial charge in [0.1, 0.15) is 0 Å². The van der Waals surface area contributed by atoms with Crippen LogP contribution in [-0.4, -0.2) is 22.9 Å². The molecule has 2 heterocycles. The standard InChI is InChI=1S/C18H26O2/c1-18-14-7-3-6-13(14)17(20-18)16-11(9-15(18)19)8-10-4-2-5-12(10)16/h3,7,10-17,19H,2,4-6,8-9H2,1H3/t10-,11-,12-,13+,14-,15-,16+,17-,18-/m0/s1. The van der Waals surface area contributed by atoms with Crippen molar-refractivity contribution in [1.29, 1.82) is 0 Å². The lowest BCUT2D eigenvalue weighted by Crippen LogP contribution is -2.44. The largest absolute Gasteiger partial charge is 0.390 e. The van der Waals surface area contributed by atoms with E-state index in [4.69, 9.17) is 4.74 Å². The summed E-state index contributed by atoms with van der Waals surface area (Å²) in [6.45, 7) is 2.18. The third kappa shape index (κ3) is 1.33. The van der Waals surface area contributed by atoms with Crippen LogP contribution in [0.15, 0.2) is 12.2 Å². The summed E-state index contributed by atoms with van der Waals surface area (Å²) in [5.41, 5.74) is -0.305. The number of ether oxygens (including phenoxy) is 1. The van der Waals surface area contributed by atoms with Crippen molar-refractivity contribution in [2.24, 2.45) is 35.5 Å². The average molecular weight is 274 g/mol. The lowest BCUT2D eigenvalue weighted by atomic mass is 9.68. The number of rotatable bonds is 0. The van der Waals surface area contributed by atoms with Gasteiger partial charge >= 0.3 is 0 Å². The lowest BCUT2D eigenvalue weighted by molar-refractivity contribution is -0.116. The summed E-state index contributed by atoms with van der Waals surface area (Å²) in [4.78, 5) is 0. The van der Waals surface area contributed by atoms with Gasteiger partial charge in [-0.05, 0) is 62.2 Å². The number of hydrogen-bond donors (Lipinski definition) is 1. The molecule has 2 saturated carbocycles. The molecule has 2 saturated heterocycles. The summed E-state index contributed by atoms with van der Waals surface area (Å²) < 4.78 is 6.61. The molecule has 9 atom stereocenters. The smallest absolute Gasteiger partial charge is 0.0982 e. The Balaban J connectivity index is 1.57. The second-order valence-corrected chi connectivity index (χ2v) is 8.30. The van der Waals surface area contributed by atoms with Crippen molar-refractivity contribution in [3.8, 4) is 0 Å². The van der Waals surface area contributed by atoms with E-state index in [-0.39, 0.29) is 11.7 Å². The molecule has 3 aliphatic carbocycles. The van der Waals surface area contributed by atoms with Gasteiger partial charge in [0.15, 0.2) is 0 Å². The predicted octanol–water partition coefficient (Wildman–Crippen LogP) is 3.15. The Kier molecular flexibility index (Phi) is 2.38. The van der Waals surface area contributed by atoms with Crippen molar-refractivity contribution >= 4 is 0 Å². The molecule has 20 heavy (non-hydrogen) atoms. The molecular weight excluding hydrogens is 248 g/mol. The molecule has 0 radical (unpaired) electrons. The fourth-order valence-corrected chi connectivity index (χ4v) is 6.80. The highest BCUT2D eigenvalue weighted by Gasteiger charge is 2.64. The van der Waals surface area contributed by atoms with Crippen molar-refractivity contribution in [3.05, 3.63) is 12.2 Å². The van der Waals surface area contributed by atoms with Crippen molar-refractivity contribution in [2.45, 2.75) is 63.3 Å². The van der Waals surface area contributed by atoms with E-state index in [1.165, 1.54) is 32.1 Å². The van der Waals surface area contributed by atoms with Gasteiger partial charge < -0.3 is 9.84 Å². The molecule has 110 valence electrons. The van der Waals surface area contributed by atoms with Crippen LogP contribution in [0.5, 0.6) is 0 Å². The van der Waals surface area contributed by atoms with E-state index in [0.29, 0.717) is 17.9 Å². The van der Waals surface area contributed by atoms with Crippen LogP contribution < -0.4 is 0 Å². The molecule has 5 aliphatic rings. The summed E-state index contributed by atoms with van der Waals surface area (Å²) in [5.74, 6) is 4.44. The van der Waals surface area contributed by atoms with Crippen LogP contribution in [-0.2, 0) is 4.74 Å². The Labute approximate surface area is 121 Å². The molecule has 2 nitrogen and oxygen atoms in total. The molecule has 2 heteroatoms. The fraction of sp³-hybridized carbons (Fsp3) is 0.889. The van der Waals surface area contributed by atoms with Crippen LogP contribution in [0, 0.1) is 35.5 Å². The molecule has 0 spiro atoms. The zero-order valence-electron chi connectivity index (χ0n) is 12.4. The van der Waals surface area contributed by atoms with Gasteiger partial charge in [-0.15, -0.1) is 0 Å². The van der Waals surface area contributed by atoms with E-state index in [1.807, 2.05) is 0 Å². The minimum absolute atomic E-state index is 0.267. The first-order chi connectivity index (χ1) is 9.68. The molecule has 2 aliphatic heterocycles. The Hall–Kier alpha value is -0.340. The third-order valence-electron chi connectivity index (χ3n) is 7.62. The first-order valence-electron chi connectivity index (χ1n) is 8.71. The Morgan fingerprint density at radius 3 is 2.95 bits per heavy atom. The second kappa shape index (κ2) is 3.89. The SMILES string of the molecule is C[C@]12O[C@@H]([C@@H]3CC=C[C@@H]31)[C@@H]1[C@@H](C[C@@H]3CCC[C@@H]31)C[C@@H]2O. The summed E-state index contributed by atoms with van der Waals surface area (Å²) in [6, 6.07) is 0. The minimum atomic E-state index is -0.305. The topological polar surface area (TPSA) is 29.5 Å². The van der Waals surface area contributed by atoms with Crippen LogP contribution in [0.1, 0.15) is 45.4 Å². The van der Waals surface area contributed by atoms with E-state index in [9.17, 15) is 5.11 Å². The Morgan fingerprint density at radius 2 is 2.05 bits per heavy atom. The van der Waals surface area contributed by atoms with Gasteiger partial charge in [-0.25, -0.2) is 0 Å². The van der Waals surface area contributed by atoms with Gasteiger partial charge in [-0.3, -0.25) is 0 Å². The third-order valence-corrected chi connectivity index (χ3v) is 7.62. The summed E-state index contributed by atoms with van der Waals surface area (Å²) in [6.07, 6.45) is 12.7. The van der Waals surface area contributed by atoms with Crippen LogP contribution in [0.2, 0.25) is 0 Å². The molecule has 0 aromatic carbocycles. The number of hydrogen-bond acceptors (Lipinski definition) is 2. The molecule has 5 rings (SSSR count). The highest BCUT2D eigenvalue weighted by atomic mass is 16.5. The molecule has 0 amide bonds. The van der Waals surface area contributed by atoms with Gasteiger partial charge in [0.2, 0.25) is 0 Å². The predicted molar refractivity (Wildman–Crippen MR) is 77.1 cm³/mol. The first-order valence-corrected chi connectivity index (χ1v) is 8.71. The van der Waals surface area contributed by atoms with Crippen molar-refractivity contribution < 1.29 is 9.84 Å². The number of fused-ring (bicyclic) bond motifs is 9. The van der Waals surface area contributed by atoms with Gasteiger partial charge in [0, 0.05) is 5.92 Å². The van der Waals surface area contributed by atoms with Crippen molar-refractivity contribution in [3.63, 3.8) is 0 Å². The maximum absolute atomic E-state index is 10.8. The summed E-state index contributed by atoms with van der Waals surface area (Å²) in [7, 11) is 0. The number of aliphatic hydroxyl groups excluding tert-OH is 1. The van der Waals surface area contributed by atoms with E-state index >= 15 is 0 Å². The normalized spacial score (nSPS) is 63.1. The molecule has 0 unspecified atom stereocenters.